The Bertz CT molecular complexity index is 1080. The van der Waals surface area contributed by atoms with Crippen molar-refractivity contribution in [3.05, 3.63) is 52.9 Å². The summed E-state index contributed by atoms with van der Waals surface area (Å²) in [6, 6.07) is 2.74. The molecule has 2 fully saturated rings. The Morgan fingerprint density at radius 3 is 2.66 bits per heavy atom. The summed E-state index contributed by atoms with van der Waals surface area (Å²) in [5.41, 5.74) is 7.95. The molecule has 0 bridgehead atoms. The van der Waals surface area contributed by atoms with E-state index >= 15 is 0 Å². The molecule has 3 aliphatic heterocycles. The van der Waals surface area contributed by atoms with E-state index in [9.17, 15) is 17.2 Å². The third kappa shape index (κ3) is 3.95. The molecule has 0 spiro atoms. The first-order valence-corrected chi connectivity index (χ1v) is 11.9. The molecule has 0 aliphatic carbocycles. The fourth-order valence-corrected chi connectivity index (χ4v) is 5.89. The Morgan fingerprint density at radius 2 is 1.94 bits per heavy atom. The molecule has 1 unspecified atom stereocenters. The van der Waals surface area contributed by atoms with Crippen molar-refractivity contribution in [1.82, 2.24) is 18.4 Å². The van der Waals surface area contributed by atoms with Crippen LogP contribution in [0.3, 0.4) is 0 Å². The second-order valence-corrected chi connectivity index (χ2v) is 10.2. The lowest BCUT2D eigenvalue weighted by Crippen LogP contribution is -2.48. The Hall–Kier alpha value is -1.96. The van der Waals surface area contributed by atoms with Gasteiger partial charge in [0.05, 0.1) is 25.5 Å². The van der Waals surface area contributed by atoms with Gasteiger partial charge in [0.1, 0.15) is 17.7 Å². The monoisotopic (exact) mass is 469 g/mol. The fourth-order valence-electron chi connectivity index (χ4n) is 4.58. The zero-order valence-electron chi connectivity index (χ0n) is 17.4. The van der Waals surface area contributed by atoms with Crippen molar-refractivity contribution in [2.45, 2.75) is 37.7 Å². The van der Waals surface area contributed by atoms with Crippen molar-refractivity contribution < 1.29 is 26.7 Å². The number of halogens is 2. The molecule has 3 atom stereocenters. The van der Waals surface area contributed by atoms with Gasteiger partial charge in [0.15, 0.2) is 0 Å². The molecule has 12 heteroatoms. The number of nitrogens with zero attached hydrogens (tertiary/aromatic N) is 4. The minimum absolute atomic E-state index is 0.0311. The van der Waals surface area contributed by atoms with Crippen LogP contribution in [0.5, 0.6) is 0 Å². The second kappa shape index (κ2) is 8.43. The number of benzene rings is 1. The highest BCUT2D eigenvalue weighted by atomic mass is 32.2. The average molecular weight is 470 g/mol. The van der Waals surface area contributed by atoms with Crippen molar-refractivity contribution >= 4 is 10.2 Å². The zero-order valence-corrected chi connectivity index (χ0v) is 18.2. The fraction of sp³-hybridized carbons (Fsp3) is 0.550. The average Bonchev–Trinajstić information content (AvgIpc) is 3.36. The van der Waals surface area contributed by atoms with Gasteiger partial charge in [0.25, 0.3) is 0 Å². The molecule has 2 aromatic rings. The van der Waals surface area contributed by atoms with Crippen molar-refractivity contribution in [2.24, 2.45) is 5.73 Å². The largest absolute Gasteiger partial charge is 0.379 e. The molecule has 1 aromatic heterocycles. The van der Waals surface area contributed by atoms with Crippen molar-refractivity contribution in [2.75, 3.05) is 32.9 Å². The highest BCUT2D eigenvalue weighted by molar-refractivity contribution is 7.87. The number of fused-ring (bicyclic) bond motifs is 1. The van der Waals surface area contributed by atoms with E-state index in [1.54, 1.807) is 6.20 Å². The quantitative estimate of drug-likeness (QED) is 0.705. The van der Waals surface area contributed by atoms with Crippen LogP contribution >= 0.6 is 0 Å². The summed E-state index contributed by atoms with van der Waals surface area (Å²) in [4.78, 5) is 2.13. The number of ether oxygens (including phenoxy) is 2. The number of morpholine rings is 1. The Balaban J connectivity index is 1.24. The van der Waals surface area contributed by atoms with E-state index in [0.717, 1.165) is 27.8 Å². The van der Waals surface area contributed by atoms with Crippen LogP contribution in [0.15, 0.2) is 24.4 Å². The third-order valence-electron chi connectivity index (χ3n) is 6.30. The van der Waals surface area contributed by atoms with E-state index < -0.39 is 34.0 Å². The predicted molar refractivity (Wildman–Crippen MR) is 110 cm³/mol. The van der Waals surface area contributed by atoms with Gasteiger partial charge < -0.3 is 15.2 Å². The molecule has 5 rings (SSSR count). The van der Waals surface area contributed by atoms with Crippen LogP contribution in [-0.4, -0.2) is 71.8 Å². The first kappa shape index (κ1) is 21.9. The maximum Gasteiger partial charge on any atom is 0.323 e. The van der Waals surface area contributed by atoms with Crippen LogP contribution in [-0.2, 0) is 32.8 Å². The molecular weight excluding hydrogens is 444 g/mol. The minimum Gasteiger partial charge on any atom is -0.379 e. The number of aromatic nitrogens is 2. The smallest absolute Gasteiger partial charge is 0.323 e. The molecule has 32 heavy (non-hydrogen) atoms. The van der Waals surface area contributed by atoms with Gasteiger partial charge >= 0.3 is 10.2 Å². The van der Waals surface area contributed by atoms with E-state index in [0.29, 0.717) is 58.1 Å². The third-order valence-corrected chi connectivity index (χ3v) is 7.98. The first-order chi connectivity index (χ1) is 15.3. The lowest BCUT2D eigenvalue weighted by Gasteiger charge is -2.38. The van der Waals surface area contributed by atoms with Gasteiger partial charge in [0.2, 0.25) is 0 Å². The molecule has 0 amide bonds. The van der Waals surface area contributed by atoms with Gasteiger partial charge in [0, 0.05) is 55.6 Å². The summed E-state index contributed by atoms with van der Waals surface area (Å²) in [6.45, 7) is 2.67. The van der Waals surface area contributed by atoms with Crippen molar-refractivity contribution in [3.63, 3.8) is 0 Å². The van der Waals surface area contributed by atoms with E-state index in [-0.39, 0.29) is 11.6 Å². The van der Waals surface area contributed by atoms with Gasteiger partial charge in [-0.05, 0) is 24.6 Å². The first-order valence-electron chi connectivity index (χ1n) is 10.5. The number of hydrogen-bond acceptors (Lipinski definition) is 7. The normalized spacial score (nSPS) is 27.5. The van der Waals surface area contributed by atoms with Gasteiger partial charge in [-0.25, -0.2) is 8.78 Å². The summed E-state index contributed by atoms with van der Waals surface area (Å²) in [5, 5.41) is 4.33. The van der Waals surface area contributed by atoms with Crippen molar-refractivity contribution in [3.8, 4) is 0 Å². The van der Waals surface area contributed by atoms with Crippen LogP contribution < -0.4 is 5.73 Å². The van der Waals surface area contributed by atoms with Crippen LogP contribution in [0.2, 0.25) is 0 Å². The van der Waals surface area contributed by atoms with E-state index in [4.69, 9.17) is 15.2 Å². The summed E-state index contributed by atoms with van der Waals surface area (Å²) >= 11 is 0. The van der Waals surface area contributed by atoms with Crippen molar-refractivity contribution in [1.29, 1.82) is 0 Å². The Morgan fingerprint density at radius 1 is 1.16 bits per heavy atom. The SMILES string of the molecule is NC1C[C@@H](N2Cc3cn(S(=O)(=O)N4CCOCC4)nc3C2)CO[C@@H]1c1cc(F)ccc1F. The lowest BCUT2D eigenvalue weighted by molar-refractivity contribution is -0.0533. The van der Waals surface area contributed by atoms with E-state index in [2.05, 4.69) is 10.00 Å². The number of hydrogen-bond donors (Lipinski definition) is 1. The van der Waals surface area contributed by atoms with Crippen LogP contribution in [0.25, 0.3) is 0 Å². The van der Waals surface area contributed by atoms with Gasteiger partial charge in [-0.2, -0.15) is 21.9 Å². The predicted octanol–water partition coefficient (Wildman–Crippen LogP) is 0.760. The van der Waals surface area contributed by atoms with E-state index in [1.165, 1.54) is 4.31 Å². The summed E-state index contributed by atoms with van der Waals surface area (Å²) in [6.07, 6.45) is 1.39. The number of rotatable bonds is 4. The summed E-state index contributed by atoms with van der Waals surface area (Å²) in [5.74, 6) is -1.07. The molecule has 0 saturated carbocycles. The number of nitrogens with two attached hydrogens (primary N) is 1. The molecule has 174 valence electrons. The molecule has 1 aromatic carbocycles. The summed E-state index contributed by atoms with van der Waals surface area (Å²) in [7, 11) is -3.71. The second-order valence-electron chi connectivity index (χ2n) is 8.37. The Kier molecular flexibility index (Phi) is 5.76. The van der Waals surface area contributed by atoms with Crippen LogP contribution in [0, 0.1) is 11.6 Å². The maximum absolute atomic E-state index is 14.1. The molecule has 2 saturated heterocycles. The molecular formula is C20H25F2N5O4S. The molecule has 2 N–H and O–H groups in total. The molecule has 9 nitrogen and oxygen atoms in total. The maximum atomic E-state index is 14.1. The zero-order chi connectivity index (χ0) is 22.5. The van der Waals surface area contributed by atoms with Crippen LogP contribution in [0.1, 0.15) is 29.3 Å². The highest BCUT2D eigenvalue weighted by Crippen LogP contribution is 2.34. The van der Waals surface area contributed by atoms with Crippen LogP contribution in [0.4, 0.5) is 8.78 Å². The standard InChI is InChI=1S/C20H25F2N5O4S/c21-14-1-2-17(22)16(7-14)20-18(23)8-15(12-31-20)25-9-13-10-27(24-19(13)11-25)32(28,29)26-3-5-30-6-4-26/h1-2,7,10,15,18,20H,3-6,8-9,11-12,23H2/t15-,18?,20-/m1/s1. The van der Waals surface area contributed by atoms with Gasteiger partial charge in [-0.15, -0.1) is 0 Å². The summed E-state index contributed by atoms with van der Waals surface area (Å²) < 4.78 is 66.8. The molecule has 0 radical (unpaired) electrons. The topological polar surface area (TPSA) is 103 Å². The Labute approximate surface area is 184 Å². The highest BCUT2D eigenvalue weighted by Gasteiger charge is 2.38. The molecule has 3 aliphatic rings. The van der Waals surface area contributed by atoms with Gasteiger partial charge in [-0.3, -0.25) is 4.90 Å². The van der Waals surface area contributed by atoms with Gasteiger partial charge in [-0.1, -0.05) is 0 Å². The minimum atomic E-state index is -3.71. The lowest BCUT2D eigenvalue weighted by atomic mass is 9.93. The molecule has 4 heterocycles. The van der Waals surface area contributed by atoms with E-state index in [1.807, 2.05) is 0 Å².